The number of hydrogen-bond donors (Lipinski definition) is 3. The van der Waals surface area contributed by atoms with Crippen LogP contribution >= 0.6 is 0 Å². The molecule has 1 aromatic carbocycles. The van der Waals surface area contributed by atoms with Gasteiger partial charge in [-0.1, -0.05) is 75.3 Å². The number of alkyl carbamates (subject to hydrolysis) is 1. The Hall–Kier alpha value is -3.10. The van der Waals surface area contributed by atoms with Crippen LogP contribution in [0.25, 0.3) is 0 Å². The predicted molar refractivity (Wildman–Crippen MR) is 154 cm³/mol. The van der Waals surface area contributed by atoms with Crippen molar-refractivity contribution < 1.29 is 23.9 Å². The monoisotopic (exact) mass is 546 g/mol. The van der Waals surface area contributed by atoms with Crippen LogP contribution in [-0.4, -0.2) is 53.4 Å². The Kier molecular flexibility index (Phi) is 14.6. The van der Waals surface area contributed by atoms with Crippen LogP contribution in [0, 0.1) is 13.8 Å². The van der Waals surface area contributed by atoms with Gasteiger partial charge >= 0.3 is 6.09 Å². The lowest BCUT2D eigenvalue weighted by Crippen LogP contribution is -2.54. The number of carbonyl (C=O) groups is 4. The predicted octanol–water partition coefficient (Wildman–Crippen LogP) is 4.83. The van der Waals surface area contributed by atoms with Crippen molar-refractivity contribution in [1.29, 1.82) is 0 Å². The van der Waals surface area contributed by atoms with Crippen LogP contribution < -0.4 is 16.4 Å². The molecule has 39 heavy (non-hydrogen) atoms. The molecule has 220 valence electrons. The molecule has 0 aliphatic carbocycles. The normalized spacial score (nSPS) is 12.8. The van der Waals surface area contributed by atoms with Gasteiger partial charge in [0.15, 0.2) is 0 Å². The number of nitrogens with zero attached hydrogens (tertiary/aromatic N) is 1. The molecule has 4 N–H and O–H groups in total. The van der Waals surface area contributed by atoms with Crippen LogP contribution in [0.2, 0.25) is 0 Å². The highest BCUT2D eigenvalue weighted by molar-refractivity contribution is 5.94. The van der Waals surface area contributed by atoms with Gasteiger partial charge in [0.25, 0.3) is 0 Å². The minimum absolute atomic E-state index is 0.282. The molecule has 0 saturated heterocycles. The molecule has 0 fully saturated rings. The number of unbranched alkanes of at least 4 members (excludes halogenated alkanes) is 5. The van der Waals surface area contributed by atoms with E-state index in [-0.39, 0.29) is 12.5 Å². The highest BCUT2D eigenvalue weighted by atomic mass is 16.6. The summed E-state index contributed by atoms with van der Waals surface area (Å²) in [5, 5.41) is 5.54. The third kappa shape index (κ3) is 13.0. The maximum absolute atomic E-state index is 14.1. The van der Waals surface area contributed by atoms with Gasteiger partial charge in [0.1, 0.15) is 17.7 Å². The van der Waals surface area contributed by atoms with Crippen molar-refractivity contribution in [3.63, 3.8) is 0 Å². The molecule has 0 bridgehead atoms. The SMILES string of the molecule is CCCCCCN(C(=O)C(CC(N)=O)NC(=O)OC(C)(C)C)C(C(=O)NCCCCC)c1cc(C)cc(C)c1. The van der Waals surface area contributed by atoms with Crippen LogP contribution in [0.15, 0.2) is 18.2 Å². The Morgan fingerprint density at radius 3 is 2.05 bits per heavy atom. The molecular weight excluding hydrogens is 496 g/mol. The Bertz CT molecular complexity index is 937. The lowest BCUT2D eigenvalue weighted by Gasteiger charge is -2.34. The van der Waals surface area contributed by atoms with E-state index in [0.717, 1.165) is 49.7 Å². The topological polar surface area (TPSA) is 131 Å². The maximum Gasteiger partial charge on any atom is 0.408 e. The third-order valence-electron chi connectivity index (χ3n) is 6.13. The van der Waals surface area contributed by atoms with Crippen molar-refractivity contribution in [2.45, 2.75) is 118 Å². The molecule has 1 rings (SSSR count). The van der Waals surface area contributed by atoms with E-state index in [2.05, 4.69) is 24.5 Å². The van der Waals surface area contributed by atoms with E-state index in [1.165, 1.54) is 4.90 Å². The zero-order valence-electron chi connectivity index (χ0n) is 25.0. The van der Waals surface area contributed by atoms with Crippen LogP contribution in [-0.2, 0) is 19.1 Å². The van der Waals surface area contributed by atoms with Gasteiger partial charge in [0.2, 0.25) is 17.7 Å². The molecule has 0 saturated carbocycles. The Morgan fingerprint density at radius 2 is 1.51 bits per heavy atom. The largest absolute Gasteiger partial charge is 0.444 e. The number of nitrogens with two attached hydrogens (primary N) is 1. The Balaban J connectivity index is 3.51. The second-order valence-corrected chi connectivity index (χ2v) is 11.3. The summed E-state index contributed by atoms with van der Waals surface area (Å²) in [5.41, 5.74) is 7.28. The van der Waals surface area contributed by atoms with Gasteiger partial charge in [0.05, 0.1) is 6.42 Å². The van der Waals surface area contributed by atoms with Gasteiger partial charge < -0.3 is 26.0 Å². The minimum atomic E-state index is -1.27. The summed E-state index contributed by atoms with van der Waals surface area (Å²) in [6.45, 7) is 14.0. The van der Waals surface area contributed by atoms with E-state index >= 15 is 0 Å². The molecule has 1 aromatic rings. The lowest BCUT2D eigenvalue weighted by atomic mass is 9.97. The summed E-state index contributed by atoms with van der Waals surface area (Å²) in [5.74, 6) is -1.60. The first-order chi connectivity index (χ1) is 18.3. The van der Waals surface area contributed by atoms with Gasteiger partial charge in [-0.05, 0) is 53.0 Å². The quantitative estimate of drug-likeness (QED) is 0.256. The number of carbonyl (C=O) groups excluding carboxylic acids is 4. The molecule has 0 heterocycles. The van der Waals surface area contributed by atoms with Crippen molar-refractivity contribution in [3.05, 3.63) is 34.9 Å². The second kappa shape index (κ2) is 16.8. The van der Waals surface area contributed by atoms with E-state index in [4.69, 9.17) is 10.5 Å². The number of nitrogens with one attached hydrogen (secondary N) is 2. The first-order valence-electron chi connectivity index (χ1n) is 14.2. The first-order valence-corrected chi connectivity index (χ1v) is 14.2. The fourth-order valence-corrected chi connectivity index (χ4v) is 4.45. The average Bonchev–Trinajstić information content (AvgIpc) is 2.80. The first kappa shape index (κ1) is 33.9. The number of primary amides is 1. The molecule has 0 aliphatic rings. The van der Waals surface area contributed by atoms with Crippen LogP contribution in [0.1, 0.15) is 109 Å². The number of benzene rings is 1. The minimum Gasteiger partial charge on any atom is -0.444 e. The lowest BCUT2D eigenvalue weighted by molar-refractivity contribution is -0.143. The summed E-state index contributed by atoms with van der Waals surface area (Å²) in [6, 6.07) is 3.60. The smallest absolute Gasteiger partial charge is 0.408 e. The van der Waals surface area contributed by atoms with Gasteiger partial charge in [-0.3, -0.25) is 14.4 Å². The Labute approximate surface area is 234 Å². The maximum atomic E-state index is 14.1. The molecule has 2 atom stereocenters. The zero-order chi connectivity index (χ0) is 29.6. The van der Waals surface area contributed by atoms with E-state index in [1.807, 2.05) is 32.0 Å². The number of aryl methyl sites for hydroxylation is 2. The molecule has 4 amide bonds. The molecule has 2 unspecified atom stereocenters. The zero-order valence-corrected chi connectivity index (χ0v) is 25.0. The van der Waals surface area contributed by atoms with Crippen molar-refractivity contribution in [3.8, 4) is 0 Å². The second-order valence-electron chi connectivity index (χ2n) is 11.3. The van der Waals surface area contributed by atoms with Crippen molar-refractivity contribution in [2.24, 2.45) is 5.73 Å². The molecule has 9 heteroatoms. The highest BCUT2D eigenvalue weighted by Crippen LogP contribution is 2.26. The molecule has 0 aliphatic heterocycles. The summed E-state index contributed by atoms with van der Waals surface area (Å²) in [4.78, 5) is 53.8. The van der Waals surface area contributed by atoms with Gasteiger partial charge in [0, 0.05) is 13.1 Å². The Morgan fingerprint density at radius 1 is 0.923 bits per heavy atom. The van der Waals surface area contributed by atoms with Crippen molar-refractivity contribution in [2.75, 3.05) is 13.1 Å². The van der Waals surface area contributed by atoms with Crippen LogP contribution in [0.5, 0.6) is 0 Å². The van der Waals surface area contributed by atoms with Crippen LogP contribution in [0.3, 0.4) is 0 Å². The highest BCUT2D eigenvalue weighted by Gasteiger charge is 2.36. The fourth-order valence-electron chi connectivity index (χ4n) is 4.45. The summed E-state index contributed by atoms with van der Waals surface area (Å²) in [6.07, 6.45) is 5.12. The number of hydrogen-bond acceptors (Lipinski definition) is 5. The fraction of sp³-hybridized carbons (Fsp3) is 0.667. The van der Waals surface area contributed by atoms with Gasteiger partial charge in [-0.25, -0.2) is 4.79 Å². The third-order valence-corrected chi connectivity index (χ3v) is 6.13. The molecule has 0 radical (unpaired) electrons. The van der Waals surface area contributed by atoms with Gasteiger partial charge in [-0.2, -0.15) is 0 Å². The molecule has 0 spiro atoms. The molecule has 0 aromatic heterocycles. The van der Waals surface area contributed by atoms with Crippen molar-refractivity contribution in [1.82, 2.24) is 15.5 Å². The molecule has 9 nitrogen and oxygen atoms in total. The summed E-state index contributed by atoms with van der Waals surface area (Å²) >= 11 is 0. The van der Waals surface area contributed by atoms with Gasteiger partial charge in [-0.15, -0.1) is 0 Å². The standard InChI is InChI=1S/C30H50N4O5/c1-8-10-12-14-16-34(28(37)24(20-25(31)35)33-29(38)39-30(5,6)7)26(27(36)32-15-13-11-9-2)23-18-21(3)17-22(4)19-23/h17-19,24,26H,8-16,20H2,1-7H3,(H2,31,35)(H,32,36)(H,33,38). The van der Waals surface area contributed by atoms with E-state index in [1.54, 1.807) is 20.8 Å². The van der Waals surface area contributed by atoms with E-state index in [0.29, 0.717) is 18.5 Å². The molecular formula is C30H50N4O5. The van der Waals surface area contributed by atoms with Crippen LogP contribution in [0.4, 0.5) is 4.79 Å². The average molecular weight is 547 g/mol. The number of ether oxygens (including phenoxy) is 1. The van der Waals surface area contributed by atoms with E-state index < -0.39 is 42.0 Å². The summed E-state index contributed by atoms with van der Waals surface area (Å²) in [7, 11) is 0. The number of amides is 4. The summed E-state index contributed by atoms with van der Waals surface area (Å²) < 4.78 is 5.34. The van der Waals surface area contributed by atoms with E-state index in [9.17, 15) is 19.2 Å². The number of rotatable bonds is 16. The van der Waals surface area contributed by atoms with Crippen molar-refractivity contribution >= 4 is 23.8 Å².